The number of hydrogen-bond acceptors (Lipinski definition) is 5. The molecule has 0 unspecified atom stereocenters. The summed E-state index contributed by atoms with van der Waals surface area (Å²) in [6.07, 6.45) is 0.553. The number of methoxy groups -OCH3 is 1. The number of carboxylic acids is 1. The van der Waals surface area contributed by atoms with Crippen LogP contribution in [-0.4, -0.2) is 66.9 Å². The fourth-order valence-electron chi connectivity index (χ4n) is 2.20. The Morgan fingerprint density at radius 1 is 1.33 bits per heavy atom. The Morgan fingerprint density at radius 2 is 1.86 bits per heavy atom. The first-order valence-electron chi connectivity index (χ1n) is 6.76. The van der Waals surface area contributed by atoms with E-state index in [-0.39, 0.29) is 32.5 Å². The van der Waals surface area contributed by atoms with Crippen molar-refractivity contribution >= 4 is 22.1 Å². The standard InChI is InChI=1S/C12H22N2O6S/c1-9(2)14(8-11(15)20-3)21(18,19)13-6-4-10(5-7-13)12(16)17/h9-10H,4-8H2,1-3H3,(H,16,17). The van der Waals surface area contributed by atoms with Crippen LogP contribution < -0.4 is 0 Å². The van der Waals surface area contributed by atoms with E-state index in [2.05, 4.69) is 4.74 Å². The number of carbonyl (C=O) groups is 2. The third-order valence-electron chi connectivity index (χ3n) is 3.51. The van der Waals surface area contributed by atoms with Crippen molar-refractivity contribution in [3.8, 4) is 0 Å². The minimum Gasteiger partial charge on any atom is -0.481 e. The van der Waals surface area contributed by atoms with Crippen LogP contribution in [0.25, 0.3) is 0 Å². The Morgan fingerprint density at radius 3 is 2.24 bits per heavy atom. The second-order valence-electron chi connectivity index (χ2n) is 5.23. The molecule has 1 N–H and O–H groups in total. The molecule has 21 heavy (non-hydrogen) atoms. The van der Waals surface area contributed by atoms with Crippen LogP contribution in [0.1, 0.15) is 26.7 Å². The van der Waals surface area contributed by atoms with E-state index in [0.717, 1.165) is 4.31 Å². The van der Waals surface area contributed by atoms with Crippen molar-refractivity contribution in [1.29, 1.82) is 0 Å². The van der Waals surface area contributed by atoms with Crippen molar-refractivity contribution in [3.05, 3.63) is 0 Å². The number of rotatable bonds is 6. The van der Waals surface area contributed by atoms with Crippen molar-refractivity contribution in [2.24, 2.45) is 5.92 Å². The molecule has 0 aromatic carbocycles. The van der Waals surface area contributed by atoms with Crippen LogP contribution in [0.15, 0.2) is 0 Å². The van der Waals surface area contributed by atoms with Gasteiger partial charge in [-0.15, -0.1) is 0 Å². The molecule has 0 bridgehead atoms. The van der Waals surface area contributed by atoms with Gasteiger partial charge in [-0.3, -0.25) is 9.59 Å². The van der Waals surface area contributed by atoms with Gasteiger partial charge in [0.1, 0.15) is 6.54 Å². The summed E-state index contributed by atoms with van der Waals surface area (Å²) in [5.74, 6) is -2.04. The molecular weight excluding hydrogens is 300 g/mol. The highest BCUT2D eigenvalue weighted by atomic mass is 32.2. The number of aliphatic carboxylic acids is 1. The summed E-state index contributed by atoms with van der Waals surface area (Å²) in [4.78, 5) is 22.3. The topological polar surface area (TPSA) is 104 Å². The summed E-state index contributed by atoms with van der Waals surface area (Å²) in [7, 11) is -2.60. The molecule has 0 aliphatic carbocycles. The maximum absolute atomic E-state index is 12.6. The third kappa shape index (κ3) is 4.39. The van der Waals surface area contributed by atoms with E-state index in [9.17, 15) is 18.0 Å². The number of carbonyl (C=O) groups excluding carboxylic acids is 1. The van der Waals surface area contributed by atoms with Crippen LogP contribution in [0.3, 0.4) is 0 Å². The molecule has 1 fully saturated rings. The lowest BCUT2D eigenvalue weighted by atomic mass is 9.99. The second-order valence-corrected chi connectivity index (χ2v) is 7.12. The fraction of sp³-hybridized carbons (Fsp3) is 0.833. The predicted octanol–water partition coefficient (Wildman–Crippen LogP) is -0.0888. The average Bonchev–Trinajstić information content (AvgIpc) is 2.43. The van der Waals surface area contributed by atoms with Gasteiger partial charge >= 0.3 is 11.9 Å². The molecule has 0 amide bonds. The Kier molecular flexibility index (Phi) is 6.11. The number of hydrogen-bond donors (Lipinski definition) is 1. The van der Waals surface area contributed by atoms with Crippen molar-refractivity contribution in [1.82, 2.24) is 8.61 Å². The Balaban J connectivity index is 2.83. The summed E-state index contributed by atoms with van der Waals surface area (Å²) in [5, 5.41) is 8.94. The first-order valence-corrected chi connectivity index (χ1v) is 8.16. The van der Waals surface area contributed by atoms with Crippen LogP contribution in [0.4, 0.5) is 0 Å². The molecule has 0 spiro atoms. The van der Waals surface area contributed by atoms with E-state index in [1.807, 2.05) is 0 Å². The summed E-state index contributed by atoms with van der Waals surface area (Å²) < 4.78 is 31.9. The molecule has 1 aliphatic rings. The highest BCUT2D eigenvalue weighted by molar-refractivity contribution is 7.86. The van der Waals surface area contributed by atoms with E-state index in [0.29, 0.717) is 0 Å². The largest absolute Gasteiger partial charge is 0.481 e. The number of esters is 1. The van der Waals surface area contributed by atoms with Crippen LogP contribution in [0, 0.1) is 5.92 Å². The van der Waals surface area contributed by atoms with Gasteiger partial charge in [-0.2, -0.15) is 17.0 Å². The number of nitrogens with zero attached hydrogens (tertiary/aromatic N) is 2. The molecule has 1 heterocycles. The van der Waals surface area contributed by atoms with Crippen molar-refractivity contribution in [2.45, 2.75) is 32.7 Å². The Bertz CT molecular complexity index is 482. The SMILES string of the molecule is COC(=O)CN(C(C)C)S(=O)(=O)N1CCC(C(=O)O)CC1. The zero-order chi connectivity index (χ0) is 16.2. The summed E-state index contributed by atoms with van der Waals surface area (Å²) >= 11 is 0. The molecule has 0 aromatic rings. The molecule has 0 atom stereocenters. The molecule has 1 aliphatic heterocycles. The van der Waals surface area contributed by atoms with Crippen molar-refractivity contribution in [2.75, 3.05) is 26.7 Å². The van der Waals surface area contributed by atoms with Gasteiger partial charge in [-0.1, -0.05) is 0 Å². The van der Waals surface area contributed by atoms with Crippen LogP contribution in [-0.2, 0) is 24.5 Å². The monoisotopic (exact) mass is 322 g/mol. The Labute approximate surface area is 124 Å². The highest BCUT2D eigenvalue weighted by Gasteiger charge is 2.36. The lowest BCUT2D eigenvalue weighted by molar-refractivity contribution is -0.143. The molecule has 122 valence electrons. The molecular formula is C12H22N2O6S. The minimum atomic E-state index is -3.80. The molecule has 0 radical (unpaired) electrons. The number of piperidine rings is 1. The molecule has 8 nitrogen and oxygen atoms in total. The maximum atomic E-state index is 12.6. The van der Waals surface area contributed by atoms with Crippen molar-refractivity contribution in [3.63, 3.8) is 0 Å². The summed E-state index contributed by atoms with van der Waals surface area (Å²) in [5.41, 5.74) is 0. The van der Waals surface area contributed by atoms with Gasteiger partial charge in [0.05, 0.1) is 13.0 Å². The van der Waals surface area contributed by atoms with Gasteiger partial charge in [0.15, 0.2) is 0 Å². The quantitative estimate of drug-likeness (QED) is 0.685. The van der Waals surface area contributed by atoms with Crippen molar-refractivity contribution < 1.29 is 27.9 Å². The minimum absolute atomic E-state index is 0.143. The lowest BCUT2D eigenvalue weighted by Gasteiger charge is -2.35. The first kappa shape index (κ1) is 17.9. The maximum Gasteiger partial charge on any atom is 0.321 e. The smallest absolute Gasteiger partial charge is 0.321 e. The second kappa shape index (κ2) is 7.19. The normalized spacial score (nSPS) is 18.1. The van der Waals surface area contributed by atoms with Gasteiger partial charge < -0.3 is 9.84 Å². The highest BCUT2D eigenvalue weighted by Crippen LogP contribution is 2.22. The average molecular weight is 322 g/mol. The van der Waals surface area contributed by atoms with E-state index in [1.165, 1.54) is 11.4 Å². The van der Waals surface area contributed by atoms with E-state index < -0.39 is 34.1 Å². The summed E-state index contributed by atoms with van der Waals surface area (Å²) in [6.45, 7) is 3.28. The molecule has 0 aromatic heterocycles. The summed E-state index contributed by atoms with van der Waals surface area (Å²) in [6, 6.07) is -0.397. The van der Waals surface area contributed by atoms with Gasteiger partial charge in [-0.25, -0.2) is 0 Å². The van der Waals surface area contributed by atoms with Gasteiger partial charge in [0.25, 0.3) is 10.2 Å². The lowest BCUT2D eigenvalue weighted by Crippen LogP contribution is -2.51. The van der Waals surface area contributed by atoms with Gasteiger partial charge in [-0.05, 0) is 26.7 Å². The fourth-order valence-corrected chi connectivity index (χ4v) is 3.97. The van der Waals surface area contributed by atoms with E-state index >= 15 is 0 Å². The molecule has 1 saturated heterocycles. The number of carboxylic acid groups (broad SMARTS) is 1. The Hall–Kier alpha value is -1.19. The molecule has 0 saturated carbocycles. The van der Waals surface area contributed by atoms with Crippen LogP contribution in [0.2, 0.25) is 0 Å². The predicted molar refractivity (Wildman–Crippen MR) is 74.7 cm³/mol. The number of ether oxygens (including phenoxy) is 1. The molecule has 1 rings (SSSR count). The van der Waals surface area contributed by atoms with E-state index in [4.69, 9.17) is 5.11 Å². The van der Waals surface area contributed by atoms with Crippen LogP contribution >= 0.6 is 0 Å². The third-order valence-corrected chi connectivity index (χ3v) is 5.68. The first-order chi connectivity index (χ1) is 9.70. The van der Waals surface area contributed by atoms with Gasteiger partial charge in [0.2, 0.25) is 0 Å². The van der Waals surface area contributed by atoms with Crippen LogP contribution in [0.5, 0.6) is 0 Å². The zero-order valence-electron chi connectivity index (χ0n) is 12.5. The van der Waals surface area contributed by atoms with E-state index in [1.54, 1.807) is 13.8 Å². The van der Waals surface area contributed by atoms with Gasteiger partial charge in [0, 0.05) is 19.1 Å². The zero-order valence-corrected chi connectivity index (χ0v) is 13.3. The molecule has 9 heteroatoms.